The van der Waals surface area contributed by atoms with E-state index in [4.69, 9.17) is 0 Å². The first kappa shape index (κ1) is 21.1. The fourth-order valence-corrected chi connectivity index (χ4v) is 6.08. The molecule has 0 fully saturated rings. The van der Waals surface area contributed by atoms with Crippen LogP contribution >= 0.6 is 0 Å². The molecule has 6 heteroatoms. The first-order chi connectivity index (χ1) is 17.0. The number of rotatable bonds is 5. The highest BCUT2D eigenvalue weighted by Crippen LogP contribution is 2.33. The Bertz CT molecular complexity index is 1830. The third-order valence-corrected chi connectivity index (χ3v) is 7.94. The highest BCUT2D eigenvalue weighted by molar-refractivity contribution is 7.90. The van der Waals surface area contributed by atoms with Crippen LogP contribution in [0.2, 0.25) is 0 Å². The number of fused-ring (bicyclic) bond motifs is 2. The molecule has 2 heterocycles. The van der Waals surface area contributed by atoms with Crippen LogP contribution in [-0.4, -0.2) is 23.2 Å². The summed E-state index contributed by atoms with van der Waals surface area (Å²) in [5.74, 6) is -0.127. The molecule has 0 saturated heterocycles. The van der Waals surface area contributed by atoms with Crippen LogP contribution in [0.1, 0.15) is 15.9 Å². The molecule has 0 aliphatic rings. The number of hydrogen-bond acceptors (Lipinski definition) is 3. The Morgan fingerprint density at radius 2 is 1.49 bits per heavy atom. The zero-order valence-corrected chi connectivity index (χ0v) is 19.4. The molecule has 2 aromatic heterocycles. The molecule has 0 spiro atoms. The minimum atomic E-state index is -3.88. The Morgan fingerprint density at radius 3 is 2.34 bits per heavy atom. The van der Waals surface area contributed by atoms with Gasteiger partial charge >= 0.3 is 0 Å². The van der Waals surface area contributed by atoms with Crippen molar-refractivity contribution in [3.63, 3.8) is 0 Å². The maximum absolute atomic E-state index is 13.7. The van der Waals surface area contributed by atoms with Gasteiger partial charge in [-0.3, -0.25) is 4.79 Å². The highest BCUT2D eigenvalue weighted by atomic mass is 32.2. The number of hydrogen-bond donors (Lipinski definition) is 1. The van der Waals surface area contributed by atoms with E-state index in [2.05, 4.69) is 4.98 Å². The Balaban J connectivity index is 1.53. The standard InChI is InChI=1S/C29H20N2O3S/c32-29(25-19-30-26-15-6-5-14-24(25)26)22-11-8-10-20(17-22)28-18-21-9-4-7-16-27(21)31(28)35(33,34)23-12-2-1-3-13-23/h1-19,30H. The zero-order chi connectivity index (χ0) is 24.0. The van der Waals surface area contributed by atoms with Gasteiger partial charge in [0.1, 0.15) is 0 Å². The van der Waals surface area contributed by atoms with Gasteiger partial charge in [-0.1, -0.05) is 72.8 Å². The first-order valence-corrected chi connectivity index (χ1v) is 12.6. The van der Waals surface area contributed by atoms with E-state index >= 15 is 0 Å². The predicted octanol–water partition coefficient (Wildman–Crippen LogP) is 6.26. The van der Waals surface area contributed by atoms with Crippen molar-refractivity contribution in [3.05, 3.63) is 127 Å². The molecule has 0 aliphatic heterocycles. The molecule has 4 aromatic carbocycles. The van der Waals surface area contributed by atoms with Crippen molar-refractivity contribution in [2.75, 3.05) is 0 Å². The van der Waals surface area contributed by atoms with Crippen molar-refractivity contribution in [3.8, 4) is 11.3 Å². The summed E-state index contributed by atoms with van der Waals surface area (Å²) in [6.45, 7) is 0. The third kappa shape index (κ3) is 3.47. The number of carbonyl (C=O) groups is 1. The van der Waals surface area contributed by atoms with Crippen LogP contribution in [0.4, 0.5) is 0 Å². The highest BCUT2D eigenvalue weighted by Gasteiger charge is 2.24. The summed E-state index contributed by atoms with van der Waals surface area (Å²) in [6, 6.07) is 32.4. The number of aromatic nitrogens is 2. The Labute approximate surface area is 202 Å². The van der Waals surface area contributed by atoms with E-state index in [1.54, 1.807) is 60.8 Å². The number of nitrogens with one attached hydrogen (secondary N) is 1. The fraction of sp³-hybridized carbons (Fsp3) is 0. The van der Waals surface area contributed by atoms with Crippen molar-refractivity contribution in [2.24, 2.45) is 0 Å². The van der Waals surface area contributed by atoms with E-state index in [-0.39, 0.29) is 10.7 Å². The molecule has 5 nitrogen and oxygen atoms in total. The van der Waals surface area contributed by atoms with E-state index < -0.39 is 10.0 Å². The second-order valence-electron chi connectivity index (χ2n) is 8.33. The van der Waals surface area contributed by atoms with Crippen LogP contribution in [0.3, 0.4) is 0 Å². The molecule has 0 unspecified atom stereocenters. The molecule has 170 valence electrons. The number of ketones is 1. The van der Waals surface area contributed by atoms with Gasteiger partial charge in [-0.2, -0.15) is 0 Å². The molecular weight excluding hydrogens is 456 g/mol. The van der Waals surface area contributed by atoms with Crippen molar-refractivity contribution in [1.29, 1.82) is 0 Å². The molecule has 6 aromatic rings. The van der Waals surface area contributed by atoms with Crippen LogP contribution in [0.25, 0.3) is 33.1 Å². The first-order valence-electron chi connectivity index (χ1n) is 11.2. The summed E-state index contributed by atoms with van der Waals surface area (Å²) >= 11 is 0. The lowest BCUT2D eigenvalue weighted by atomic mass is 10.00. The maximum Gasteiger partial charge on any atom is 0.268 e. The van der Waals surface area contributed by atoms with Crippen molar-refractivity contribution < 1.29 is 13.2 Å². The average molecular weight is 477 g/mol. The molecule has 35 heavy (non-hydrogen) atoms. The zero-order valence-electron chi connectivity index (χ0n) is 18.5. The largest absolute Gasteiger partial charge is 0.360 e. The lowest BCUT2D eigenvalue weighted by Crippen LogP contribution is -2.14. The van der Waals surface area contributed by atoms with E-state index in [1.807, 2.05) is 54.6 Å². The topological polar surface area (TPSA) is 71.9 Å². The number of aromatic amines is 1. The van der Waals surface area contributed by atoms with Gasteiger partial charge in [-0.15, -0.1) is 0 Å². The second-order valence-corrected chi connectivity index (χ2v) is 10.1. The molecule has 0 radical (unpaired) electrons. The molecule has 0 amide bonds. The lowest BCUT2D eigenvalue weighted by Gasteiger charge is -2.13. The Kier molecular flexibility index (Phi) is 4.90. The normalized spacial score (nSPS) is 11.8. The summed E-state index contributed by atoms with van der Waals surface area (Å²) in [5, 5.41) is 1.65. The summed E-state index contributed by atoms with van der Waals surface area (Å²) in [4.78, 5) is 16.8. The summed E-state index contributed by atoms with van der Waals surface area (Å²) in [5.41, 5.74) is 3.69. The molecule has 0 aliphatic carbocycles. The number of H-pyrrole nitrogens is 1. The maximum atomic E-state index is 13.7. The molecule has 0 saturated carbocycles. The predicted molar refractivity (Wildman–Crippen MR) is 138 cm³/mol. The molecule has 6 rings (SSSR count). The van der Waals surface area contributed by atoms with E-state index in [0.717, 1.165) is 16.3 Å². The van der Waals surface area contributed by atoms with Crippen LogP contribution in [0, 0.1) is 0 Å². The number of carbonyl (C=O) groups excluding carboxylic acids is 1. The minimum absolute atomic E-state index is 0.127. The average Bonchev–Trinajstić information content (AvgIpc) is 3.51. The number of para-hydroxylation sites is 2. The van der Waals surface area contributed by atoms with Crippen molar-refractivity contribution in [2.45, 2.75) is 4.90 Å². The van der Waals surface area contributed by atoms with Crippen LogP contribution in [0.15, 0.2) is 120 Å². The van der Waals surface area contributed by atoms with E-state index in [9.17, 15) is 13.2 Å². The van der Waals surface area contributed by atoms with Crippen LogP contribution < -0.4 is 0 Å². The van der Waals surface area contributed by atoms with Gasteiger partial charge in [0.25, 0.3) is 10.0 Å². The quantitative estimate of drug-likeness (QED) is 0.299. The molecule has 0 bridgehead atoms. The Hall–Kier alpha value is -4.42. The van der Waals surface area contributed by atoms with E-state index in [0.29, 0.717) is 27.9 Å². The van der Waals surface area contributed by atoms with Gasteiger partial charge in [-0.05, 0) is 42.0 Å². The van der Waals surface area contributed by atoms with Gasteiger partial charge in [0.05, 0.1) is 16.1 Å². The fourth-order valence-electron chi connectivity index (χ4n) is 4.52. The van der Waals surface area contributed by atoms with Gasteiger partial charge in [0.2, 0.25) is 0 Å². The number of nitrogens with zero attached hydrogens (tertiary/aromatic N) is 1. The van der Waals surface area contributed by atoms with E-state index in [1.165, 1.54) is 3.97 Å². The van der Waals surface area contributed by atoms with Crippen LogP contribution in [0.5, 0.6) is 0 Å². The van der Waals surface area contributed by atoms with Gasteiger partial charge in [0, 0.05) is 33.6 Å². The summed E-state index contributed by atoms with van der Waals surface area (Å²) in [7, 11) is -3.88. The second kappa shape index (κ2) is 8.11. The monoisotopic (exact) mass is 476 g/mol. The van der Waals surface area contributed by atoms with Gasteiger partial charge in [0.15, 0.2) is 5.78 Å². The van der Waals surface area contributed by atoms with Crippen molar-refractivity contribution >= 4 is 37.6 Å². The molecule has 0 atom stereocenters. The minimum Gasteiger partial charge on any atom is -0.360 e. The van der Waals surface area contributed by atoms with Gasteiger partial charge in [-0.25, -0.2) is 12.4 Å². The van der Waals surface area contributed by atoms with Crippen LogP contribution in [-0.2, 0) is 10.0 Å². The smallest absolute Gasteiger partial charge is 0.268 e. The lowest BCUT2D eigenvalue weighted by molar-refractivity contribution is 0.104. The molecule has 1 N–H and O–H groups in total. The number of benzene rings is 4. The summed E-state index contributed by atoms with van der Waals surface area (Å²) < 4.78 is 28.9. The SMILES string of the molecule is O=C(c1cccc(-c2cc3ccccc3n2S(=O)(=O)c2ccccc2)c1)c1c[nH]c2ccccc12. The molecular formula is C29H20N2O3S. The Morgan fingerprint density at radius 1 is 0.743 bits per heavy atom. The third-order valence-electron chi connectivity index (χ3n) is 6.20. The van der Waals surface area contributed by atoms with Crippen molar-refractivity contribution in [1.82, 2.24) is 8.96 Å². The van der Waals surface area contributed by atoms with Gasteiger partial charge < -0.3 is 4.98 Å². The summed E-state index contributed by atoms with van der Waals surface area (Å²) in [6.07, 6.45) is 1.72.